The minimum atomic E-state index is -0.849. The Hall–Kier alpha value is -1.05. The smallest absolute Gasteiger partial charge is 0.330 e. The molecule has 0 aromatic heterocycles. The first-order valence-electron chi connectivity index (χ1n) is 9.74. The number of aliphatic carboxylic acids is 1. The van der Waals surface area contributed by atoms with Crippen LogP contribution >= 0.6 is 0 Å². The number of hydrogen-bond donors (Lipinski definition) is 1. The van der Waals surface area contributed by atoms with E-state index >= 15 is 0 Å². The normalized spacial score (nSPS) is 11.2. The number of allylic oxidation sites excluding steroid dienone is 2. The molecule has 0 aromatic rings. The number of carboxylic acid groups (broad SMARTS) is 1. The highest BCUT2D eigenvalue weighted by molar-refractivity contribution is 5.85. The van der Waals surface area contributed by atoms with Gasteiger partial charge >= 0.3 is 5.97 Å². The van der Waals surface area contributed by atoms with E-state index in [1.807, 2.05) is 0 Å². The fraction of sp³-hybridized carbons (Fsp3) is 0.762. The van der Waals surface area contributed by atoms with Crippen molar-refractivity contribution in [1.29, 1.82) is 0 Å². The van der Waals surface area contributed by atoms with Gasteiger partial charge in [0.05, 0.1) is 0 Å². The SMILES string of the molecule is C=C(CCCCCCCC/C=C\CCCCCCCC)C(=O)O. The number of hydrogen-bond acceptors (Lipinski definition) is 1. The molecule has 1 N–H and O–H groups in total. The quantitative estimate of drug-likeness (QED) is 0.177. The maximum Gasteiger partial charge on any atom is 0.330 e. The van der Waals surface area contributed by atoms with Gasteiger partial charge < -0.3 is 5.11 Å². The molecule has 0 aliphatic rings. The standard InChI is InChI=1S/C21H38O2/c1-3-4-5-6-7-8-9-10-11-12-13-14-15-16-17-18-19-20(2)21(22)23/h10-11H,2-9,12-19H2,1H3,(H,22,23)/b11-10-. The lowest BCUT2D eigenvalue weighted by molar-refractivity contribution is -0.132. The van der Waals surface area contributed by atoms with Crippen LogP contribution < -0.4 is 0 Å². The van der Waals surface area contributed by atoms with Gasteiger partial charge in [0, 0.05) is 5.57 Å². The van der Waals surface area contributed by atoms with Crippen LogP contribution in [0, 0.1) is 0 Å². The summed E-state index contributed by atoms with van der Waals surface area (Å²) < 4.78 is 0. The van der Waals surface area contributed by atoms with Crippen LogP contribution in [-0.4, -0.2) is 11.1 Å². The van der Waals surface area contributed by atoms with Crippen LogP contribution in [0.15, 0.2) is 24.3 Å². The molecular formula is C21H38O2. The zero-order chi connectivity index (χ0) is 17.2. The molecule has 0 saturated carbocycles. The Balaban J connectivity index is 3.16. The van der Waals surface area contributed by atoms with Gasteiger partial charge in [-0.2, -0.15) is 0 Å². The van der Waals surface area contributed by atoms with Crippen LogP contribution in [0.1, 0.15) is 103 Å². The third-order valence-electron chi connectivity index (χ3n) is 4.29. The highest BCUT2D eigenvalue weighted by atomic mass is 16.4. The summed E-state index contributed by atoms with van der Waals surface area (Å²) in [6, 6.07) is 0. The molecule has 0 fully saturated rings. The molecule has 2 heteroatoms. The third kappa shape index (κ3) is 17.1. The van der Waals surface area contributed by atoms with Crippen molar-refractivity contribution in [3.8, 4) is 0 Å². The Morgan fingerprint density at radius 3 is 1.70 bits per heavy atom. The molecule has 0 heterocycles. The highest BCUT2D eigenvalue weighted by Gasteiger charge is 2.02. The summed E-state index contributed by atoms with van der Waals surface area (Å²) in [5, 5.41) is 8.70. The predicted molar refractivity (Wildman–Crippen MR) is 101 cm³/mol. The predicted octanol–water partition coefficient (Wildman–Crippen LogP) is 7.05. The lowest BCUT2D eigenvalue weighted by Gasteiger charge is -2.01. The zero-order valence-corrected chi connectivity index (χ0v) is 15.3. The molecule has 2 nitrogen and oxygen atoms in total. The molecule has 0 atom stereocenters. The van der Waals surface area contributed by atoms with Crippen molar-refractivity contribution in [2.24, 2.45) is 0 Å². The zero-order valence-electron chi connectivity index (χ0n) is 15.3. The lowest BCUT2D eigenvalue weighted by Crippen LogP contribution is -1.98. The maximum absolute atomic E-state index is 10.6. The van der Waals surface area contributed by atoms with E-state index in [1.165, 1.54) is 77.0 Å². The summed E-state index contributed by atoms with van der Waals surface area (Å²) in [4.78, 5) is 10.6. The van der Waals surface area contributed by atoms with E-state index in [1.54, 1.807) is 0 Å². The minimum Gasteiger partial charge on any atom is -0.478 e. The topological polar surface area (TPSA) is 37.3 Å². The van der Waals surface area contributed by atoms with Crippen molar-refractivity contribution in [3.05, 3.63) is 24.3 Å². The fourth-order valence-electron chi connectivity index (χ4n) is 2.69. The van der Waals surface area contributed by atoms with Gasteiger partial charge in [-0.15, -0.1) is 0 Å². The molecule has 0 radical (unpaired) electrons. The molecule has 0 aliphatic heterocycles. The first kappa shape index (κ1) is 21.9. The molecule has 0 rings (SSSR count). The van der Waals surface area contributed by atoms with Crippen molar-refractivity contribution in [1.82, 2.24) is 0 Å². The Kier molecular flexibility index (Phi) is 16.5. The minimum absolute atomic E-state index is 0.348. The van der Waals surface area contributed by atoms with Gasteiger partial charge in [0.15, 0.2) is 0 Å². The van der Waals surface area contributed by atoms with Gasteiger partial charge in [-0.3, -0.25) is 0 Å². The van der Waals surface area contributed by atoms with Crippen molar-refractivity contribution in [2.75, 3.05) is 0 Å². The number of carbonyl (C=O) groups is 1. The van der Waals surface area contributed by atoms with Crippen molar-refractivity contribution >= 4 is 5.97 Å². The summed E-state index contributed by atoms with van der Waals surface area (Å²) in [7, 11) is 0. The van der Waals surface area contributed by atoms with Gasteiger partial charge in [-0.1, -0.05) is 83.4 Å². The van der Waals surface area contributed by atoms with E-state index in [9.17, 15) is 4.79 Å². The van der Waals surface area contributed by atoms with E-state index in [2.05, 4.69) is 25.7 Å². The van der Waals surface area contributed by atoms with E-state index < -0.39 is 5.97 Å². The Morgan fingerprint density at radius 1 is 0.783 bits per heavy atom. The van der Waals surface area contributed by atoms with Crippen LogP contribution in [0.2, 0.25) is 0 Å². The second-order valence-corrected chi connectivity index (χ2v) is 6.60. The largest absolute Gasteiger partial charge is 0.478 e. The fourth-order valence-corrected chi connectivity index (χ4v) is 2.69. The molecule has 0 saturated heterocycles. The van der Waals surface area contributed by atoms with Gasteiger partial charge in [0.25, 0.3) is 0 Å². The Morgan fingerprint density at radius 2 is 1.22 bits per heavy atom. The summed E-state index contributed by atoms with van der Waals surface area (Å²) >= 11 is 0. The number of carboxylic acids is 1. The van der Waals surface area contributed by atoms with E-state index in [-0.39, 0.29) is 0 Å². The maximum atomic E-state index is 10.6. The average molecular weight is 323 g/mol. The molecule has 0 bridgehead atoms. The van der Waals surface area contributed by atoms with E-state index in [0.29, 0.717) is 12.0 Å². The summed E-state index contributed by atoms with van der Waals surface area (Å²) in [5.74, 6) is -0.849. The molecule has 134 valence electrons. The molecule has 23 heavy (non-hydrogen) atoms. The van der Waals surface area contributed by atoms with Crippen LogP contribution in [0.5, 0.6) is 0 Å². The van der Waals surface area contributed by atoms with E-state index in [4.69, 9.17) is 5.11 Å². The van der Waals surface area contributed by atoms with Gasteiger partial charge in [0.2, 0.25) is 0 Å². The summed E-state index contributed by atoms with van der Waals surface area (Å²) in [6.45, 7) is 5.82. The second-order valence-electron chi connectivity index (χ2n) is 6.60. The van der Waals surface area contributed by atoms with Gasteiger partial charge in [-0.25, -0.2) is 4.79 Å². The summed E-state index contributed by atoms with van der Waals surface area (Å²) in [6.07, 6.45) is 23.2. The Labute approximate surface area is 144 Å². The molecular weight excluding hydrogens is 284 g/mol. The molecule has 0 amide bonds. The monoisotopic (exact) mass is 322 g/mol. The van der Waals surface area contributed by atoms with Crippen LogP contribution in [0.4, 0.5) is 0 Å². The molecule has 0 aromatic carbocycles. The van der Waals surface area contributed by atoms with Gasteiger partial charge in [0.1, 0.15) is 0 Å². The lowest BCUT2D eigenvalue weighted by atomic mass is 10.1. The second kappa shape index (κ2) is 17.3. The first-order chi connectivity index (χ1) is 11.2. The number of rotatable bonds is 17. The molecule has 0 unspecified atom stereocenters. The molecule has 0 aliphatic carbocycles. The average Bonchev–Trinajstić information content (AvgIpc) is 2.54. The first-order valence-corrected chi connectivity index (χ1v) is 9.74. The molecule has 0 spiro atoms. The van der Waals surface area contributed by atoms with Crippen LogP contribution in [0.3, 0.4) is 0 Å². The van der Waals surface area contributed by atoms with Crippen LogP contribution in [0.25, 0.3) is 0 Å². The van der Waals surface area contributed by atoms with Crippen molar-refractivity contribution < 1.29 is 9.90 Å². The van der Waals surface area contributed by atoms with Crippen molar-refractivity contribution in [2.45, 2.75) is 103 Å². The highest BCUT2D eigenvalue weighted by Crippen LogP contribution is 2.12. The number of unbranched alkanes of at least 4 members (excludes halogenated alkanes) is 12. The Bertz CT molecular complexity index is 318. The van der Waals surface area contributed by atoms with Crippen molar-refractivity contribution in [3.63, 3.8) is 0 Å². The van der Waals surface area contributed by atoms with E-state index in [0.717, 1.165) is 12.8 Å². The van der Waals surface area contributed by atoms with Crippen LogP contribution in [-0.2, 0) is 4.79 Å². The summed E-state index contributed by atoms with van der Waals surface area (Å²) in [5.41, 5.74) is 0.348. The van der Waals surface area contributed by atoms with Gasteiger partial charge in [-0.05, 0) is 38.5 Å². The third-order valence-corrected chi connectivity index (χ3v) is 4.29.